The highest BCUT2D eigenvalue weighted by molar-refractivity contribution is 7.15. The van der Waals surface area contributed by atoms with Crippen molar-refractivity contribution in [2.45, 2.75) is 44.8 Å². The number of carbonyl (C=O) groups excluding carboxylic acids is 2. The molecular formula is C28H25F3N2O3S. The molecule has 1 aliphatic heterocycles. The van der Waals surface area contributed by atoms with Gasteiger partial charge in [-0.1, -0.05) is 42.5 Å². The first-order chi connectivity index (χ1) is 17.7. The highest BCUT2D eigenvalue weighted by Gasteiger charge is 2.49. The fraction of sp³-hybridized carbons (Fsp3) is 0.321. The maximum atomic E-state index is 14.1. The topological polar surface area (TPSA) is 63.4 Å². The quantitative estimate of drug-likeness (QED) is 0.247. The third-order valence-electron chi connectivity index (χ3n) is 6.90. The van der Waals surface area contributed by atoms with E-state index in [2.05, 4.69) is 4.98 Å². The van der Waals surface area contributed by atoms with Crippen LogP contribution in [-0.4, -0.2) is 40.3 Å². The molecule has 0 N–H and O–H groups in total. The van der Waals surface area contributed by atoms with Crippen molar-refractivity contribution >= 4 is 34.0 Å². The maximum Gasteiger partial charge on any atom is 0.393 e. The molecule has 1 fully saturated rings. The summed E-state index contributed by atoms with van der Waals surface area (Å²) in [7, 11) is 0. The lowest BCUT2D eigenvalue weighted by molar-refractivity contribution is -0.198. The Morgan fingerprint density at radius 2 is 1.89 bits per heavy atom. The summed E-state index contributed by atoms with van der Waals surface area (Å²) >= 11 is 1.34. The minimum Gasteiger partial charge on any atom is -0.464 e. The van der Waals surface area contributed by atoms with Crippen molar-refractivity contribution in [2.24, 2.45) is 5.92 Å². The summed E-state index contributed by atoms with van der Waals surface area (Å²) in [6.45, 7) is 1.96. The van der Waals surface area contributed by atoms with Crippen molar-refractivity contribution in [1.29, 1.82) is 0 Å². The number of fused-ring (bicyclic) bond motifs is 1. The van der Waals surface area contributed by atoms with Gasteiger partial charge in [-0.15, -0.1) is 11.3 Å². The minimum absolute atomic E-state index is 0.0783. The van der Waals surface area contributed by atoms with E-state index in [1.165, 1.54) is 22.5 Å². The van der Waals surface area contributed by atoms with Crippen LogP contribution < -0.4 is 0 Å². The predicted molar refractivity (Wildman–Crippen MR) is 136 cm³/mol. The number of piperidine rings is 1. The lowest BCUT2D eigenvalue weighted by Crippen LogP contribution is -2.53. The van der Waals surface area contributed by atoms with E-state index in [1.54, 1.807) is 31.2 Å². The zero-order valence-electron chi connectivity index (χ0n) is 20.1. The average molecular weight is 527 g/mol. The average Bonchev–Trinajstić information content (AvgIpc) is 3.53. The number of amides is 1. The van der Waals surface area contributed by atoms with Crippen LogP contribution in [0.1, 0.15) is 51.5 Å². The second-order valence-corrected chi connectivity index (χ2v) is 10.4. The number of nitrogens with zero attached hydrogens (tertiary/aromatic N) is 2. The van der Waals surface area contributed by atoms with Crippen molar-refractivity contribution in [3.05, 3.63) is 77.1 Å². The third-order valence-corrected chi connectivity index (χ3v) is 7.92. The van der Waals surface area contributed by atoms with Gasteiger partial charge in [0.25, 0.3) is 5.91 Å². The molecule has 1 amide bonds. The predicted octanol–water partition coefficient (Wildman–Crippen LogP) is 7.31. The molecule has 0 radical (unpaired) electrons. The lowest BCUT2D eigenvalue weighted by atomic mass is 9.84. The van der Waals surface area contributed by atoms with Gasteiger partial charge in [0, 0.05) is 30.0 Å². The summed E-state index contributed by atoms with van der Waals surface area (Å²) < 4.78 is 47.8. The number of aromatic nitrogens is 1. The van der Waals surface area contributed by atoms with Crippen LogP contribution in [0.25, 0.3) is 21.4 Å². The number of ketones is 1. The zero-order chi connectivity index (χ0) is 26.2. The van der Waals surface area contributed by atoms with E-state index in [-0.39, 0.29) is 43.7 Å². The Hall–Kier alpha value is -3.46. The molecule has 0 unspecified atom stereocenters. The number of hydrogen-bond donors (Lipinski definition) is 0. The first-order valence-corrected chi connectivity index (χ1v) is 13.0. The van der Waals surface area contributed by atoms with Crippen LogP contribution in [0.2, 0.25) is 0 Å². The number of rotatable bonds is 6. The van der Waals surface area contributed by atoms with E-state index < -0.39 is 24.0 Å². The standard InChI is InChI=1S/C28H25F3N2O3S/c1-17-32-25(26(37-17)18-7-3-2-4-8-18)27(35)33-15-6-10-21(28(29,30)31)22(33)12-13-23(34)19-9-5-11-24-20(19)14-16-36-24/h2-5,7-9,11,14,16,21-22H,6,10,12-13,15H2,1H3/t21-,22-/m1/s1. The zero-order valence-corrected chi connectivity index (χ0v) is 20.9. The molecule has 5 nitrogen and oxygen atoms in total. The van der Waals surface area contributed by atoms with Gasteiger partial charge in [-0.2, -0.15) is 13.2 Å². The van der Waals surface area contributed by atoms with Gasteiger partial charge in [0.05, 0.1) is 22.1 Å². The van der Waals surface area contributed by atoms with E-state index >= 15 is 0 Å². The fourth-order valence-corrected chi connectivity index (χ4v) is 6.11. The summed E-state index contributed by atoms with van der Waals surface area (Å²) in [6, 6.07) is 14.8. The molecule has 0 saturated carbocycles. The second kappa shape index (κ2) is 10.1. The smallest absolute Gasteiger partial charge is 0.393 e. The first-order valence-electron chi connectivity index (χ1n) is 12.1. The SMILES string of the molecule is Cc1nc(C(=O)N2CCC[C@@H](C(F)(F)F)[C@H]2CCC(=O)c2cccc3occc23)c(-c2ccccc2)s1. The lowest BCUT2D eigenvalue weighted by Gasteiger charge is -2.42. The Bertz CT molecular complexity index is 1430. The molecule has 9 heteroatoms. The molecule has 0 bridgehead atoms. The van der Waals surface area contributed by atoms with Crippen molar-refractivity contribution < 1.29 is 27.2 Å². The number of halogens is 3. The normalized spacial score (nSPS) is 18.3. The van der Waals surface area contributed by atoms with Crippen LogP contribution >= 0.6 is 11.3 Å². The summed E-state index contributed by atoms with van der Waals surface area (Å²) in [5.41, 5.74) is 1.91. The molecule has 3 heterocycles. The Morgan fingerprint density at radius 3 is 2.65 bits per heavy atom. The molecule has 2 aromatic heterocycles. The van der Waals surface area contributed by atoms with Gasteiger partial charge in [0.15, 0.2) is 5.78 Å². The Kier molecular flexibility index (Phi) is 6.90. The number of hydrogen-bond acceptors (Lipinski definition) is 5. The maximum absolute atomic E-state index is 14.1. The van der Waals surface area contributed by atoms with E-state index in [0.29, 0.717) is 26.4 Å². The second-order valence-electron chi connectivity index (χ2n) is 9.23. The Morgan fingerprint density at radius 1 is 1.11 bits per heavy atom. The Balaban J connectivity index is 1.45. The number of benzene rings is 2. The number of alkyl halides is 3. The van der Waals surface area contributed by atoms with Gasteiger partial charge >= 0.3 is 6.18 Å². The van der Waals surface area contributed by atoms with Crippen molar-refractivity contribution in [2.75, 3.05) is 6.54 Å². The van der Waals surface area contributed by atoms with Gasteiger partial charge in [0.2, 0.25) is 0 Å². The number of aryl methyl sites for hydroxylation is 1. The third kappa shape index (κ3) is 5.05. The van der Waals surface area contributed by atoms with Gasteiger partial charge in [-0.25, -0.2) is 4.98 Å². The van der Waals surface area contributed by atoms with Crippen LogP contribution in [0, 0.1) is 12.8 Å². The van der Waals surface area contributed by atoms with Gasteiger partial charge in [0.1, 0.15) is 11.3 Å². The van der Waals surface area contributed by atoms with Crippen molar-refractivity contribution in [3.63, 3.8) is 0 Å². The van der Waals surface area contributed by atoms with Gasteiger partial charge in [-0.05, 0) is 43.9 Å². The molecule has 192 valence electrons. The molecule has 0 spiro atoms. The van der Waals surface area contributed by atoms with E-state index in [9.17, 15) is 22.8 Å². The van der Waals surface area contributed by atoms with Crippen LogP contribution in [-0.2, 0) is 0 Å². The van der Waals surface area contributed by atoms with Crippen LogP contribution in [0.15, 0.2) is 65.3 Å². The number of likely N-dealkylation sites (tertiary alicyclic amines) is 1. The molecule has 1 aliphatic rings. The summed E-state index contributed by atoms with van der Waals surface area (Å²) in [4.78, 5) is 33.2. The van der Waals surface area contributed by atoms with E-state index in [4.69, 9.17) is 4.42 Å². The molecule has 2 atom stereocenters. The number of Topliss-reactive ketones (excluding diaryl/α,β-unsaturated/α-hetero) is 1. The molecular weight excluding hydrogens is 501 g/mol. The fourth-order valence-electron chi connectivity index (χ4n) is 5.19. The summed E-state index contributed by atoms with van der Waals surface area (Å²) in [5.74, 6) is -2.51. The summed E-state index contributed by atoms with van der Waals surface area (Å²) in [6.07, 6.45) is -3.07. The monoisotopic (exact) mass is 526 g/mol. The van der Waals surface area contributed by atoms with Crippen LogP contribution in [0.5, 0.6) is 0 Å². The van der Waals surface area contributed by atoms with Gasteiger partial charge in [-0.3, -0.25) is 9.59 Å². The first kappa shape index (κ1) is 25.2. The van der Waals surface area contributed by atoms with E-state index in [1.807, 2.05) is 30.3 Å². The summed E-state index contributed by atoms with van der Waals surface area (Å²) in [5, 5.41) is 1.29. The molecule has 4 aromatic rings. The van der Waals surface area contributed by atoms with E-state index in [0.717, 1.165) is 5.56 Å². The molecule has 2 aromatic carbocycles. The van der Waals surface area contributed by atoms with Gasteiger partial charge < -0.3 is 9.32 Å². The molecule has 5 rings (SSSR count). The minimum atomic E-state index is -4.49. The molecule has 0 aliphatic carbocycles. The number of furan rings is 1. The van der Waals surface area contributed by atoms with Crippen LogP contribution in [0.3, 0.4) is 0 Å². The Labute approximate surface area is 215 Å². The van der Waals surface area contributed by atoms with Crippen molar-refractivity contribution in [1.82, 2.24) is 9.88 Å². The van der Waals surface area contributed by atoms with Crippen molar-refractivity contribution in [3.8, 4) is 10.4 Å². The number of thiazole rings is 1. The molecule has 37 heavy (non-hydrogen) atoms. The highest BCUT2D eigenvalue weighted by Crippen LogP contribution is 2.41. The number of carbonyl (C=O) groups is 2. The molecule has 1 saturated heterocycles. The highest BCUT2D eigenvalue weighted by atomic mass is 32.1. The largest absolute Gasteiger partial charge is 0.464 e. The van der Waals surface area contributed by atoms with Crippen LogP contribution in [0.4, 0.5) is 13.2 Å².